The number of nitrogens with one attached hydrogen (secondary N) is 5. The Kier molecular flexibility index (Phi) is 14.5. The van der Waals surface area contributed by atoms with Crippen molar-refractivity contribution in [2.45, 2.75) is 83.6 Å². The van der Waals surface area contributed by atoms with E-state index in [1.54, 1.807) is 6.92 Å². The molecule has 0 saturated carbocycles. The Morgan fingerprint density at radius 2 is 1.45 bits per heavy atom. The van der Waals surface area contributed by atoms with Gasteiger partial charge in [-0.15, -0.1) is 0 Å². The van der Waals surface area contributed by atoms with Gasteiger partial charge in [-0.3, -0.25) is 19.1 Å². The molecule has 1 saturated heterocycles. The van der Waals surface area contributed by atoms with E-state index < -0.39 is 36.4 Å². The van der Waals surface area contributed by atoms with E-state index in [1.807, 2.05) is 60.7 Å². The summed E-state index contributed by atoms with van der Waals surface area (Å²) in [6, 6.07) is 20.5. The number of amides is 4. The van der Waals surface area contributed by atoms with Crippen molar-refractivity contribution < 1.29 is 29.3 Å². The molecule has 2 aromatic heterocycles. The fraction of sp³-hybridized carbons (Fsp3) is 0.487. The Hall–Kier alpha value is -5.16. The Balaban J connectivity index is 1.32. The number of carbonyl (C=O) groups excluding carboxylic acids is 3. The van der Waals surface area contributed by atoms with Crippen LogP contribution in [0.5, 0.6) is 0 Å². The number of aliphatic hydroxyl groups excluding tert-OH is 2. The van der Waals surface area contributed by atoms with Gasteiger partial charge in [-0.1, -0.05) is 60.7 Å². The Morgan fingerprint density at radius 3 is 2.07 bits per heavy atom. The second kappa shape index (κ2) is 19.4. The lowest BCUT2D eigenvalue weighted by Crippen LogP contribution is -2.45. The Morgan fingerprint density at radius 1 is 0.836 bits per heavy atom. The van der Waals surface area contributed by atoms with Gasteiger partial charge in [0.15, 0.2) is 29.3 Å². The molecule has 4 atom stereocenters. The van der Waals surface area contributed by atoms with Crippen molar-refractivity contribution in [1.29, 1.82) is 0 Å². The molecular formula is C39H54N10O6. The van der Waals surface area contributed by atoms with E-state index in [-0.39, 0.29) is 35.8 Å². The van der Waals surface area contributed by atoms with Gasteiger partial charge in [-0.2, -0.15) is 0 Å². The first kappa shape index (κ1) is 41.0. The minimum absolute atomic E-state index is 0.0891. The summed E-state index contributed by atoms with van der Waals surface area (Å²) in [5, 5.41) is 36.2. The number of anilines is 1. The first-order valence-corrected chi connectivity index (χ1v) is 18.9. The van der Waals surface area contributed by atoms with Crippen molar-refractivity contribution in [2.75, 3.05) is 44.6 Å². The molecule has 4 aromatic rings. The monoisotopic (exact) mass is 758 g/mol. The quantitative estimate of drug-likeness (QED) is 0.0734. The van der Waals surface area contributed by atoms with Crippen LogP contribution in [-0.2, 0) is 9.53 Å². The number of urea groups is 1. The number of rotatable bonds is 18. The number of hydrogen-bond donors (Lipinski definition) is 7. The van der Waals surface area contributed by atoms with Crippen LogP contribution >= 0.6 is 0 Å². The Bertz CT molecular complexity index is 1810. The molecule has 0 aliphatic carbocycles. The predicted octanol–water partition coefficient (Wildman–Crippen LogP) is 2.36. The predicted molar refractivity (Wildman–Crippen MR) is 208 cm³/mol. The molecule has 0 bridgehead atoms. The zero-order valence-electron chi connectivity index (χ0n) is 32.1. The van der Waals surface area contributed by atoms with Gasteiger partial charge in [0.05, 0.1) is 6.33 Å². The Labute approximate surface area is 321 Å². The van der Waals surface area contributed by atoms with Crippen molar-refractivity contribution in [3.05, 3.63) is 83.9 Å². The van der Waals surface area contributed by atoms with Crippen molar-refractivity contribution in [3.63, 3.8) is 0 Å². The molecule has 7 N–H and O–H groups in total. The number of fused-ring (bicyclic) bond motifs is 1. The van der Waals surface area contributed by atoms with Crippen LogP contribution in [0.1, 0.15) is 74.9 Å². The second-order valence-electron chi connectivity index (χ2n) is 14.0. The van der Waals surface area contributed by atoms with E-state index in [0.29, 0.717) is 50.2 Å². The molecular weight excluding hydrogens is 704 g/mol. The van der Waals surface area contributed by atoms with Crippen LogP contribution in [-0.4, -0.2) is 122 Å². The number of benzene rings is 2. The normalized spacial score (nSPS) is 18.3. The summed E-state index contributed by atoms with van der Waals surface area (Å²) in [7, 11) is 0. The van der Waals surface area contributed by atoms with Gasteiger partial charge >= 0.3 is 6.03 Å². The van der Waals surface area contributed by atoms with E-state index in [0.717, 1.165) is 17.7 Å². The first-order chi connectivity index (χ1) is 26.5. The highest BCUT2D eigenvalue weighted by atomic mass is 16.6. The van der Waals surface area contributed by atoms with Gasteiger partial charge < -0.3 is 41.5 Å². The van der Waals surface area contributed by atoms with Crippen LogP contribution in [0.2, 0.25) is 0 Å². The molecule has 1 aliphatic rings. The number of imidazole rings is 1. The molecule has 1 aliphatic heterocycles. The fourth-order valence-electron chi connectivity index (χ4n) is 6.75. The topological polar surface area (TPSA) is 208 Å². The van der Waals surface area contributed by atoms with E-state index in [9.17, 15) is 24.6 Å². The zero-order chi connectivity index (χ0) is 39.5. The van der Waals surface area contributed by atoms with Crippen molar-refractivity contribution in [3.8, 4) is 0 Å². The number of likely N-dealkylation sites (N-methyl/N-ethyl adjacent to an activating group) is 1. The fourth-order valence-corrected chi connectivity index (χ4v) is 6.75. The minimum Gasteiger partial charge on any atom is -0.387 e. The lowest BCUT2D eigenvalue weighted by atomic mass is 9.91. The number of ether oxygens (including phenoxy) is 1. The lowest BCUT2D eigenvalue weighted by Gasteiger charge is -2.30. The van der Waals surface area contributed by atoms with Crippen LogP contribution < -0.4 is 26.6 Å². The van der Waals surface area contributed by atoms with Gasteiger partial charge in [-0.25, -0.2) is 19.7 Å². The molecule has 3 heterocycles. The largest absolute Gasteiger partial charge is 0.387 e. The van der Waals surface area contributed by atoms with Crippen LogP contribution in [0.25, 0.3) is 11.2 Å². The summed E-state index contributed by atoms with van der Waals surface area (Å²) >= 11 is 0. The smallest absolute Gasteiger partial charge is 0.314 e. The number of carbonyl (C=O) groups is 3. The standard InChI is InChI=1S/C39H54N10O6/c1-6-40-36(52)32-30(50)31(51)38(55-32)49-23-45-29-33(44-22-28(26-14-9-7-10-15-26)27-16-11-8-12-17-27)46-34(47-35(29)49)37(53)41-18-13-19-42-39(54)43-20-21-48(24(2)3)25(4)5/h7-12,14-17,23-25,28,30-32,38,50-51H,6,13,18-22H2,1-5H3,(H,40,52)(H,41,53)(H2,42,43,54)(H,44,46,47)/t30-,31+,32-,38+/m0/s1. The number of aliphatic hydroxyl groups is 2. The summed E-state index contributed by atoms with van der Waals surface area (Å²) in [4.78, 5) is 54.5. The molecule has 4 amide bonds. The highest BCUT2D eigenvalue weighted by Gasteiger charge is 2.47. The minimum atomic E-state index is -1.51. The van der Waals surface area contributed by atoms with Gasteiger partial charge in [0, 0.05) is 57.3 Å². The van der Waals surface area contributed by atoms with Crippen LogP contribution in [0.3, 0.4) is 0 Å². The van der Waals surface area contributed by atoms with Gasteiger partial charge in [-0.05, 0) is 52.2 Å². The summed E-state index contributed by atoms with van der Waals surface area (Å²) in [6.07, 6.45) is -3.75. The maximum absolute atomic E-state index is 13.5. The molecule has 2 aromatic carbocycles. The summed E-state index contributed by atoms with van der Waals surface area (Å²) in [6.45, 7) is 12.7. The summed E-state index contributed by atoms with van der Waals surface area (Å²) < 4.78 is 7.25. The van der Waals surface area contributed by atoms with E-state index in [1.165, 1.54) is 10.9 Å². The maximum atomic E-state index is 13.5. The number of hydrogen-bond acceptors (Lipinski definition) is 11. The van der Waals surface area contributed by atoms with Crippen LogP contribution in [0, 0.1) is 0 Å². The number of nitrogens with zero attached hydrogens (tertiary/aromatic N) is 5. The van der Waals surface area contributed by atoms with Gasteiger partial charge in [0.1, 0.15) is 12.2 Å². The molecule has 0 spiro atoms. The average Bonchev–Trinajstić information content (AvgIpc) is 3.73. The SMILES string of the molecule is CCNC(=O)[C@H]1O[C@@H](n2cnc3c(NCC(c4ccccc4)c4ccccc4)nc(C(=O)NCCCNC(=O)NCCN(C(C)C)C(C)C)nc32)[C@H](O)[C@@H]1O. The van der Waals surface area contributed by atoms with Gasteiger partial charge in [0.2, 0.25) is 5.82 Å². The van der Waals surface area contributed by atoms with E-state index in [2.05, 4.69) is 74.1 Å². The maximum Gasteiger partial charge on any atom is 0.314 e. The molecule has 0 unspecified atom stereocenters. The second-order valence-corrected chi connectivity index (χ2v) is 14.0. The highest BCUT2D eigenvalue weighted by molar-refractivity contribution is 5.94. The summed E-state index contributed by atoms with van der Waals surface area (Å²) in [5.41, 5.74) is 2.58. The molecule has 5 rings (SSSR count). The third-order valence-electron chi connectivity index (χ3n) is 9.53. The van der Waals surface area contributed by atoms with E-state index in [4.69, 9.17) is 4.74 Å². The van der Waals surface area contributed by atoms with Crippen LogP contribution in [0.15, 0.2) is 67.0 Å². The molecule has 16 heteroatoms. The van der Waals surface area contributed by atoms with Crippen molar-refractivity contribution in [2.24, 2.45) is 0 Å². The first-order valence-electron chi connectivity index (χ1n) is 18.9. The molecule has 296 valence electrons. The van der Waals surface area contributed by atoms with Crippen molar-refractivity contribution >= 4 is 34.8 Å². The van der Waals surface area contributed by atoms with E-state index >= 15 is 0 Å². The molecule has 0 radical (unpaired) electrons. The van der Waals surface area contributed by atoms with Crippen LogP contribution in [0.4, 0.5) is 10.6 Å². The molecule has 55 heavy (non-hydrogen) atoms. The van der Waals surface area contributed by atoms with Gasteiger partial charge in [0.25, 0.3) is 11.8 Å². The third kappa shape index (κ3) is 10.3. The number of aromatic nitrogens is 4. The molecule has 16 nitrogen and oxygen atoms in total. The third-order valence-corrected chi connectivity index (χ3v) is 9.53. The zero-order valence-corrected chi connectivity index (χ0v) is 32.1. The average molecular weight is 759 g/mol. The van der Waals surface area contributed by atoms with Crippen molar-refractivity contribution in [1.82, 2.24) is 45.7 Å². The summed E-state index contributed by atoms with van der Waals surface area (Å²) in [5.74, 6) is -1.13. The lowest BCUT2D eigenvalue weighted by molar-refractivity contribution is -0.137. The highest BCUT2D eigenvalue weighted by Crippen LogP contribution is 2.33. The molecule has 1 fully saturated rings.